The molecular weight excluding hydrogens is 282 g/mol. The van der Waals surface area contributed by atoms with E-state index in [0.717, 1.165) is 6.54 Å². The van der Waals surface area contributed by atoms with Crippen molar-refractivity contribution < 1.29 is 0 Å². The second-order valence-corrected chi connectivity index (χ2v) is 8.08. The fourth-order valence-electron chi connectivity index (χ4n) is 3.91. The second kappa shape index (κ2) is 9.24. The average Bonchev–Trinajstić information content (AvgIpc) is 3.01. The third-order valence-corrected chi connectivity index (χ3v) is 5.32. The van der Waals surface area contributed by atoms with Gasteiger partial charge < -0.3 is 0 Å². The third kappa shape index (κ3) is 6.48. The van der Waals surface area contributed by atoms with Gasteiger partial charge in [-0.15, -0.1) is 0 Å². The molecule has 0 saturated heterocycles. The van der Waals surface area contributed by atoms with Gasteiger partial charge in [0.25, 0.3) is 0 Å². The average molecular weight is 318 g/mol. The first-order chi connectivity index (χ1) is 11.1. The minimum absolute atomic E-state index is 0.468. The van der Waals surface area contributed by atoms with Crippen molar-refractivity contribution in [2.45, 2.75) is 85.1 Å². The van der Waals surface area contributed by atoms with Crippen LogP contribution in [0.25, 0.3) is 0 Å². The monoisotopic (exact) mass is 317 g/mol. The first-order valence-corrected chi connectivity index (χ1v) is 9.60. The highest BCUT2D eigenvalue weighted by Crippen LogP contribution is 2.43. The standard InChI is InChI=1S/C20H35N3/c1-4-5-6-7-8-9-10-11-18-12-13-20(2,3)14-19(18)15-23-17-21-16-22-23/h10-11,16-19H,4-9,12-15H2,1-3H3/b11-10+/t18-,19+/m1/s1. The molecule has 3 heteroatoms. The van der Waals surface area contributed by atoms with Crippen LogP contribution < -0.4 is 0 Å². The molecule has 0 amide bonds. The van der Waals surface area contributed by atoms with Gasteiger partial charge >= 0.3 is 0 Å². The first kappa shape index (κ1) is 18.2. The number of hydrogen-bond acceptors (Lipinski definition) is 2. The zero-order valence-corrected chi connectivity index (χ0v) is 15.4. The highest BCUT2D eigenvalue weighted by molar-refractivity contribution is 4.96. The van der Waals surface area contributed by atoms with Gasteiger partial charge in [0.1, 0.15) is 12.7 Å². The normalized spacial score (nSPS) is 24.3. The highest BCUT2D eigenvalue weighted by atomic mass is 15.3. The Hall–Kier alpha value is -1.12. The summed E-state index contributed by atoms with van der Waals surface area (Å²) in [7, 11) is 0. The van der Waals surface area contributed by atoms with E-state index in [9.17, 15) is 0 Å². The van der Waals surface area contributed by atoms with E-state index in [0.29, 0.717) is 17.3 Å². The number of aromatic nitrogens is 3. The summed E-state index contributed by atoms with van der Waals surface area (Å²) in [5.74, 6) is 1.40. The van der Waals surface area contributed by atoms with Gasteiger partial charge in [-0.05, 0) is 49.4 Å². The maximum atomic E-state index is 4.31. The maximum Gasteiger partial charge on any atom is 0.137 e. The molecule has 2 rings (SSSR count). The summed E-state index contributed by atoms with van der Waals surface area (Å²) < 4.78 is 2.01. The minimum atomic E-state index is 0.468. The Morgan fingerprint density at radius 2 is 2.04 bits per heavy atom. The SMILES string of the molecule is CCCCCCC/C=C/[C@@H]1CCC(C)(C)C[C@H]1Cn1cncn1. The zero-order chi connectivity index (χ0) is 16.5. The molecule has 0 N–H and O–H groups in total. The molecule has 3 nitrogen and oxygen atoms in total. The predicted molar refractivity (Wildman–Crippen MR) is 97.2 cm³/mol. The lowest BCUT2D eigenvalue weighted by Crippen LogP contribution is -2.31. The maximum absolute atomic E-state index is 4.31. The van der Waals surface area contributed by atoms with Gasteiger partial charge in [-0.2, -0.15) is 5.10 Å². The topological polar surface area (TPSA) is 30.7 Å². The number of hydrogen-bond donors (Lipinski definition) is 0. The van der Waals surface area contributed by atoms with E-state index in [-0.39, 0.29) is 0 Å². The van der Waals surface area contributed by atoms with E-state index in [2.05, 4.69) is 43.0 Å². The molecule has 1 aromatic rings. The molecule has 0 bridgehead atoms. The van der Waals surface area contributed by atoms with Crippen LogP contribution in [0.2, 0.25) is 0 Å². The Morgan fingerprint density at radius 3 is 2.78 bits per heavy atom. The van der Waals surface area contributed by atoms with E-state index in [4.69, 9.17) is 0 Å². The molecule has 130 valence electrons. The molecule has 1 aromatic heterocycles. The largest absolute Gasteiger partial charge is 0.253 e. The van der Waals surface area contributed by atoms with Crippen molar-refractivity contribution in [1.29, 1.82) is 0 Å². The van der Waals surface area contributed by atoms with Crippen molar-refractivity contribution in [2.75, 3.05) is 0 Å². The summed E-state index contributed by atoms with van der Waals surface area (Å²) in [5, 5.41) is 4.31. The number of unbranched alkanes of at least 4 members (excludes halogenated alkanes) is 5. The summed E-state index contributed by atoms with van der Waals surface area (Å²) in [6, 6.07) is 0. The molecule has 0 spiro atoms. The molecule has 1 aliphatic rings. The molecule has 0 radical (unpaired) electrons. The van der Waals surface area contributed by atoms with Crippen molar-refractivity contribution in [3.8, 4) is 0 Å². The van der Waals surface area contributed by atoms with Crippen LogP contribution >= 0.6 is 0 Å². The summed E-state index contributed by atoms with van der Waals surface area (Å²) >= 11 is 0. The van der Waals surface area contributed by atoms with Crippen molar-refractivity contribution >= 4 is 0 Å². The second-order valence-electron chi connectivity index (χ2n) is 8.08. The third-order valence-electron chi connectivity index (χ3n) is 5.32. The van der Waals surface area contributed by atoms with Crippen LogP contribution in [0, 0.1) is 17.3 Å². The van der Waals surface area contributed by atoms with Crippen LogP contribution in [0.15, 0.2) is 24.8 Å². The fraction of sp³-hybridized carbons (Fsp3) is 0.800. The summed E-state index contributed by atoms with van der Waals surface area (Å²) in [5.41, 5.74) is 0.468. The molecule has 0 aliphatic heterocycles. The van der Waals surface area contributed by atoms with Gasteiger partial charge in [0.05, 0.1) is 0 Å². The molecule has 2 atom stereocenters. The number of nitrogens with zero attached hydrogens (tertiary/aromatic N) is 3. The number of rotatable bonds is 9. The zero-order valence-electron chi connectivity index (χ0n) is 15.4. The van der Waals surface area contributed by atoms with E-state index < -0.39 is 0 Å². The lowest BCUT2D eigenvalue weighted by atomic mass is 9.67. The molecule has 23 heavy (non-hydrogen) atoms. The van der Waals surface area contributed by atoms with Crippen molar-refractivity contribution in [1.82, 2.24) is 14.8 Å². The van der Waals surface area contributed by atoms with Crippen LogP contribution in [0.5, 0.6) is 0 Å². The smallest absolute Gasteiger partial charge is 0.137 e. The molecule has 1 fully saturated rings. The Bertz CT molecular complexity index is 447. The fourth-order valence-corrected chi connectivity index (χ4v) is 3.91. The number of allylic oxidation sites excluding steroid dienone is 2. The molecule has 1 saturated carbocycles. The van der Waals surface area contributed by atoms with Gasteiger partial charge in [0.2, 0.25) is 0 Å². The highest BCUT2D eigenvalue weighted by Gasteiger charge is 2.33. The van der Waals surface area contributed by atoms with Crippen LogP contribution in [0.4, 0.5) is 0 Å². The Kier molecular flexibility index (Phi) is 7.32. The van der Waals surface area contributed by atoms with E-state index in [1.165, 1.54) is 57.8 Å². The minimum Gasteiger partial charge on any atom is -0.253 e. The summed E-state index contributed by atoms with van der Waals surface area (Å²) in [6.45, 7) is 8.11. The summed E-state index contributed by atoms with van der Waals surface area (Å²) in [6.07, 6.45) is 20.5. The summed E-state index contributed by atoms with van der Waals surface area (Å²) in [4.78, 5) is 4.09. The quantitative estimate of drug-likeness (QED) is 0.436. The Morgan fingerprint density at radius 1 is 1.22 bits per heavy atom. The van der Waals surface area contributed by atoms with Gasteiger partial charge in [0, 0.05) is 6.54 Å². The van der Waals surface area contributed by atoms with E-state index >= 15 is 0 Å². The molecule has 0 aromatic carbocycles. The van der Waals surface area contributed by atoms with Crippen molar-refractivity contribution in [3.05, 3.63) is 24.8 Å². The molecular formula is C20H35N3. The predicted octanol–water partition coefficient (Wildman–Crippen LogP) is 5.64. The Labute approximate surface area is 142 Å². The van der Waals surface area contributed by atoms with E-state index in [1.807, 2.05) is 11.0 Å². The first-order valence-electron chi connectivity index (χ1n) is 9.60. The van der Waals surface area contributed by atoms with Gasteiger partial charge in [0.15, 0.2) is 0 Å². The van der Waals surface area contributed by atoms with Crippen LogP contribution in [-0.4, -0.2) is 14.8 Å². The van der Waals surface area contributed by atoms with Crippen molar-refractivity contribution in [3.63, 3.8) is 0 Å². The Balaban J connectivity index is 1.82. The molecule has 1 aliphatic carbocycles. The lowest BCUT2D eigenvalue weighted by Gasteiger charge is -2.39. The van der Waals surface area contributed by atoms with Gasteiger partial charge in [-0.1, -0.05) is 58.6 Å². The van der Waals surface area contributed by atoms with Crippen LogP contribution in [-0.2, 0) is 6.54 Å². The van der Waals surface area contributed by atoms with Gasteiger partial charge in [-0.3, -0.25) is 4.68 Å². The molecule has 0 unspecified atom stereocenters. The van der Waals surface area contributed by atoms with E-state index in [1.54, 1.807) is 6.33 Å². The lowest BCUT2D eigenvalue weighted by molar-refractivity contribution is 0.125. The van der Waals surface area contributed by atoms with Crippen LogP contribution in [0.3, 0.4) is 0 Å². The van der Waals surface area contributed by atoms with Crippen molar-refractivity contribution in [2.24, 2.45) is 17.3 Å². The molecule has 1 heterocycles. The van der Waals surface area contributed by atoms with Crippen LogP contribution in [0.1, 0.15) is 78.6 Å². The van der Waals surface area contributed by atoms with Gasteiger partial charge in [-0.25, -0.2) is 4.98 Å².